The summed E-state index contributed by atoms with van der Waals surface area (Å²) in [7, 11) is -4.74. The number of phosphoric ester groups is 1. The van der Waals surface area contributed by atoms with Crippen LogP contribution in [0.1, 0.15) is 278 Å². The van der Waals surface area contributed by atoms with E-state index in [9.17, 15) is 28.9 Å². The van der Waals surface area contributed by atoms with Crippen molar-refractivity contribution in [2.75, 3.05) is 26.4 Å². The minimum atomic E-state index is -4.74. The maximum Gasteiger partial charge on any atom is 0.472 e. The Bertz CT molecular complexity index is 1320. The van der Waals surface area contributed by atoms with Crippen molar-refractivity contribution in [1.82, 2.24) is 0 Å². The number of hydrogen-bond donors (Lipinski definition) is 2. The number of unbranched alkanes of at least 4 members (excludes halogenated alkanes) is 31. The van der Waals surface area contributed by atoms with Crippen molar-refractivity contribution in [2.45, 2.75) is 290 Å². The topological polar surface area (TPSA) is 155 Å². The average Bonchev–Trinajstić information content (AvgIpc) is 3.35. The number of phosphoric acid groups is 1. The van der Waals surface area contributed by atoms with Gasteiger partial charge in [-0.3, -0.25) is 23.4 Å². The van der Waals surface area contributed by atoms with E-state index in [1.54, 1.807) is 0 Å². The third-order valence-corrected chi connectivity index (χ3v) is 13.5. The van der Waals surface area contributed by atoms with Crippen molar-refractivity contribution in [3.8, 4) is 0 Å². The number of esters is 3. The summed E-state index contributed by atoms with van der Waals surface area (Å²) in [6.45, 7) is 4.54. The third kappa shape index (κ3) is 50.6. The van der Waals surface area contributed by atoms with Crippen molar-refractivity contribution < 1.29 is 52.2 Å². The van der Waals surface area contributed by atoms with Crippen molar-refractivity contribution >= 4 is 25.7 Å². The Balaban J connectivity index is 4.69. The molecule has 0 spiro atoms. The average molecular weight is 1010 g/mol. The summed E-state index contributed by atoms with van der Waals surface area (Å²) in [5.41, 5.74) is 0. The highest BCUT2D eigenvalue weighted by Gasteiger charge is 2.28. The van der Waals surface area contributed by atoms with Crippen LogP contribution in [0, 0.1) is 0 Å². The molecule has 12 heteroatoms. The maximum absolute atomic E-state index is 12.9. The van der Waals surface area contributed by atoms with Crippen LogP contribution in [0.5, 0.6) is 0 Å². The van der Waals surface area contributed by atoms with E-state index in [1.807, 2.05) is 0 Å². The summed E-state index contributed by atoms with van der Waals surface area (Å²) >= 11 is 0. The van der Waals surface area contributed by atoms with Crippen molar-refractivity contribution in [3.05, 3.63) is 36.5 Å². The predicted octanol–water partition coefficient (Wildman–Crippen LogP) is 16.8. The first-order valence-corrected chi connectivity index (χ1v) is 30.4. The predicted molar refractivity (Wildman–Crippen MR) is 289 cm³/mol. The lowest BCUT2D eigenvalue weighted by atomic mass is 10.0. The van der Waals surface area contributed by atoms with E-state index in [1.165, 1.54) is 128 Å². The second-order valence-electron chi connectivity index (χ2n) is 19.4. The molecule has 0 aromatic heterocycles. The number of aliphatic hydroxyl groups excluding tert-OH is 1. The van der Waals surface area contributed by atoms with Gasteiger partial charge in [-0.05, 0) is 51.4 Å². The number of aliphatic hydroxyl groups is 1. The van der Waals surface area contributed by atoms with Gasteiger partial charge in [0, 0.05) is 19.3 Å². The molecule has 410 valence electrons. The monoisotopic (exact) mass is 1010 g/mol. The molecule has 3 atom stereocenters. The van der Waals surface area contributed by atoms with E-state index < -0.39 is 57.8 Å². The Labute approximate surface area is 429 Å². The van der Waals surface area contributed by atoms with Gasteiger partial charge in [0.1, 0.15) is 12.7 Å². The first-order chi connectivity index (χ1) is 34.2. The van der Waals surface area contributed by atoms with E-state index >= 15 is 0 Å². The molecular formula is C58H107O11P. The van der Waals surface area contributed by atoms with Crippen LogP contribution in [-0.4, -0.2) is 66.5 Å². The summed E-state index contributed by atoms with van der Waals surface area (Å²) in [4.78, 5) is 48.4. The van der Waals surface area contributed by atoms with Gasteiger partial charge in [0.2, 0.25) is 0 Å². The van der Waals surface area contributed by atoms with Gasteiger partial charge in [0.15, 0.2) is 6.10 Å². The second kappa shape index (κ2) is 53.0. The molecule has 2 N–H and O–H groups in total. The molecular weight excluding hydrogens is 904 g/mol. The summed E-state index contributed by atoms with van der Waals surface area (Å²) in [5.74, 6) is -1.46. The third-order valence-electron chi connectivity index (χ3n) is 12.6. The van der Waals surface area contributed by atoms with Gasteiger partial charge in [-0.15, -0.1) is 0 Å². The highest BCUT2D eigenvalue weighted by Crippen LogP contribution is 2.43. The molecule has 0 heterocycles. The molecule has 0 rings (SSSR count). The molecule has 0 aromatic rings. The Morgan fingerprint density at radius 1 is 0.414 bits per heavy atom. The molecule has 0 saturated heterocycles. The molecule has 0 bridgehead atoms. The standard InChI is InChI=1S/C58H107O11P/c1-4-7-10-13-16-19-21-23-25-27-29-31-33-36-38-41-44-47-56(60)65-51-55(69-58(62)49-46-43-40-37-34-32-30-28-26-24-22-20-17-14-11-8-5-2)53-67-70(63,64)66-52-54(50-59)68-57(61)48-45-42-39-35-18-15-12-9-6-3/h8,11,17,20,24,26,54-55,59H,4-7,9-10,12-16,18-19,21-23,25,27-53H2,1-3H3,(H,63,64)/b11-8-,20-17-,26-24-. The highest BCUT2D eigenvalue weighted by molar-refractivity contribution is 7.47. The fraction of sp³-hybridized carbons (Fsp3) is 0.845. The maximum atomic E-state index is 12.9. The Kier molecular flexibility index (Phi) is 51.3. The molecule has 0 aromatic carbocycles. The molecule has 0 aliphatic heterocycles. The largest absolute Gasteiger partial charge is 0.472 e. The highest BCUT2D eigenvalue weighted by atomic mass is 31.2. The number of carbonyl (C=O) groups excluding carboxylic acids is 3. The minimum Gasteiger partial charge on any atom is -0.462 e. The Hall–Kier alpha value is -2.30. The fourth-order valence-electron chi connectivity index (χ4n) is 8.20. The zero-order valence-corrected chi connectivity index (χ0v) is 46.1. The number of allylic oxidation sites excluding steroid dienone is 6. The van der Waals surface area contributed by atoms with Crippen LogP contribution in [0.2, 0.25) is 0 Å². The van der Waals surface area contributed by atoms with Crippen molar-refractivity contribution in [1.29, 1.82) is 0 Å². The fourth-order valence-corrected chi connectivity index (χ4v) is 8.98. The molecule has 0 aliphatic carbocycles. The van der Waals surface area contributed by atoms with E-state index in [-0.39, 0.29) is 25.9 Å². The van der Waals surface area contributed by atoms with Gasteiger partial charge < -0.3 is 24.2 Å². The van der Waals surface area contributed by atoms with Gasteiger partial charge in [0.25, 0.3) is 0 Å². The SMILES string of the molecule is CC/C=C\C/C=C\C/C=C\CCCCCCCCCC(=O)OC(COC(=O)CCCCCCCCCCCCCCCCCCC)COP(=O)(O)OCC(CO)OC(=O)CCCCCCCCCCC. The molecule has 11 nitrogen and oxygen atoms in total. The number of rotatable bonds is 54. The second-order valence-corrected chi connectivity index (χ2v) is 20.9. The Morgan fingerprint density at radius 3 is 1.14 bits per heavy atom. The zero-order valence-electron chi connectivity index (χ0n) is 45.2. The van der Waals surface area contributed by atoms with Gasteiger partial charge in [-0.25, -0.2) is 4.57 Å². The molecule has 0 amide bonds. The summed E-state index contributed by atoms with van der Waals surface area (Å²) < 4.78 is 39.5. The first-order valence-electron chi connectivity index (χ1n) is 28.9. The smallest absolute Gasteiger partial charge is 0.462 e. The van der Waals surface area contributed by atoms with E-state index in [0.717, 1.165) is 89.9 Å². The van der Waals surface area contributed by atoms with Crippen LogP contribution in [0.25, 0.3) is 0 Å². The summed E-state index contributed by atoms with van der Waals surface area (Å²) in [5, 5.41) is 9.77. The Morgan fingerprint density at radius 2 is 0.743 bits per heavy atom. The number of ether oxygens (including phenoxy) is 3. The molecule has 0 aliphatic rings. The van der Waals surface area contributed by atoms with Crippen LogP contribution in [0.15, 0.2) is 36.5 Å². The van der Waals surface area contributed by atoms with Crippen LogP contribution < -0.4 is 0 Å². The summed E-state index contributed by atoms with van der Waals surface area (Å²) in [6, 6.07) is 0. The summed E-state index contributed by atoms with van der Waals surface area (Å²) in [6.07, 6.45) is 54.0. The lowest BCUT2D eigenvalue weighted by Gasteiger charge is -2.21. The molecule has 0 radical (unpaired) electrons. The molecule has 0 fully saturated rings. The minimum absolute atomic E-state index is 0.160. The van der Waals surface area contributed by atoms with Gasteiger partial charge >= 0.3 is 25.7 Å². The van der Waals surface area contributed by atoms with Gasteiger partial charge in [0.05, 0.1) is 19.8 Å². The quantitative estimate of drug-likeness (QED) is 0.0197. The van der Waals surface area contributed by atoms with Crippen LogP contribution in [-0.2, 0) is 42.2 Å². The van der Waals surface area contributed by atoms with E-state index in [2.05, 4.69) is 57.2 Å². The molecule has 0 saturated carbocycles. The number of carbonyl (C=O) groups is 3. The first kappa shape index (κ1) is 67.7. The van der Waals surface area contributed by atoms with E-state index in [4.69, 9.17) is 23.3 Å². The normalized spacial score (nSPS) is 13.6. The van der Waals surface area contributed by atoms with E-state index in [0.29, 0.717) is 19.3 Å². The van der Waals surface area contributed by atoms with Crippen LogP contribution in [0.4, 0.5) is 0 Å². The molecule has 3 unspecified atom stereocenters. The zero-order chi connectivity index (χ0) is 51.3. The van der Waals surface area contributed by atoms with Crippen molar-refractivity contribution in [2.24, 2.45) is 0 Å². The lowest BCUT2D eigenvalue weighted by Crippen LogP contribution is -2.30. The molecule has 70 heavy (non-hydrogen) atoms. The number of hydrogen-bond acceptors (Lipinski definition) is 10. The van der Waals surface area contributed by atoms with Crippen molar-refractivity contribution in [3.63, 3.8) is 0 Å². The lowest BCUT2D eigenvalue weighted by molar-refractivity contribution is -0.161. The van der Waals surface area contributed by atoms with Gasteiger partial charge in [-0.2, -0.15) is 0 Å². The van der Waals surface area contributed by atoms with Gasteiger partial charge in [-0.1, -0.05) is 243 Å². The van der Waals surface area contributed by atoms with Crippen LogP contribution >= 0.6 is 7.82 Å². The van der Waals surface area contributed by atoms with Crippen LogP contribution in [0.3, 0.4) is 0 Å².